The van der Waals surface area contributed by atoms with Gasteiger partial charge in [0.05, 0.1) is 0 Å². The molecule has 0 saturated carbocycles. The number of rotatable bonds is 5. The molecule has 0 bridgehead atoms. The number of alkyl halides is 3. The monoisotopic (exact) mass is 313 g/mol. The normalized spacial score (nSPS) is 12.2. The molecule has 10 heteroatoms. The van der Waals surface area contributed by atoms with Gasteiger partial charge in [0.25, 0.3) is 10.2 Å². The molecule has 19 heavy (non-hydrogen) atoms. The molecule has 4 N–H and O–H groups in total. The number of hydrogen-bond donors (Lipinski definition) is 3. The molecule has 0 aromatic heterocycles. The largest absolute Gasteiger partial charge is 0.402 e. The second-order valence-corrected chi connectivity index (χ2v) is 5.42. The lowest BCUT2D eigenvalue weighted by atomic mass is 10.2. The van der Waals surface area contributed by atoms with Crippen LogP contribution < -0.4 is 15.2 Å². The molecule has 0 heterocycles. The highest BCUT2D eigenvalue weighted by molar-refractivity contribution is 7.90. The van der Waals surface area contributed by atoms with Gasteiger partial charge < -0.3 is 5.73 Å². The third-order valence-corrected chi connectivity index (χ3v) is 3.15. The van der Waals surface area contributed by atoms with Gasteiger partial charge in [-0.3, -0.25) is 4.72 Å². The SMILES string of the molecule is NC(=S)c1ccc(NS(=O)(=O)NCC(F)(F)F)cc1. The fourth-order valence-corrected chi connectivity index (χ4v) is 2.08. The molecule has 0 aliphatic carbocycles. The fourth-order valence-electron chi connectivity index (χ4n) is 1.07. The van der Waals surface area contributed by atoms with Gasteiger partial charge in [-0.2, -0.15) is 26.3 Å². The van der Waals surface area contributed by atoms with Crippen molar-refractivity contribution in [2.75, 3.05) is 11.3 Å². The number of thiocarbonyl (C=S) groups is 1. The molecule has 5 nitrogen and oxygen atoms in total. The number of hydrogen-bond acceptors (Lipinski definition) is 3. The van der Waals surface area contributed by atoms with Crippen LogP contribution in [0.5, 0.6) is 0 Å². The van der Waals surface area contributed by atoms with Gasteiger partial charge in [0.15, 0.2) is 0 Å². The van der Waals surface area contributed by atoms with Crippen LogP contribution in [0.2, 0.25) is 0 Å². The van der Waals surface area contributed by atoms with E-state index in [0.717, 1.165) is 0 Å². The third kappa shape index (κ3) is 5.85. The summed E-state index contributed by atoms with van der Waals surface area (Å²) in [4.78, 5) is 0.129. The minimum atomic E-state index is -4.62. The Morgan fingerprint density at radius 3 is 2.21 bits per heavy atom. The Hall–Kier alpha value is -1.39. The van der Waals surface area contributed by atoms with E-state index >= 15 is 0 Å². The highest BCUT2D eigenvalue weighted by Crippen LogP contribution is 2.14. The minimum absolute atomic E-state index is 0.0923. The van der Waals surface area contributed by atoms with E-state index in [1.165, 1.54) is 29.0 Å². The molecule has 0 radical (unpaired) electrons. The first-order chi connectivity index (χ1) is 8.59. The second kappa shape index (κ2) is 5.72. The molecular formula is C9H10F3N3O2S2. The first kappa shape index (κ1) is 15.7. The lowest BCUT2D eigenvalue weighted by Crippen LogP contribution is -2.37. The lowest BCUT2D eigenvalue weighted by molar-refractivity contribution is -0.121. The first-order valence-corrected chi connectivity index (χ1v) is 6.72. The summed E-state index contributed by atoms with van der Waals surface area (Å²) in [5.41, 5.74) is 5.95. The Labute approximate surface area is 113 Å². The van der Waals surface area contributed by atoms with Crippen molar-refractivity contribution >= 4 is 33.1 Å². The third-order valence-electron chi connectivity index (χ3n) is 1.88. The molecular weight excluding hydrogens is 303 g/mol. The van der Waals surface area contributed by atoms with E-state index in [1.54, 1.807) is 0 Å². The number of nitrogens with two attached hydrogens (primary N) is 1. The van der Waals surface area contributed by atoms with Crippen molar-refractivity contribution < 1.29 is 21.6 Å². The van der Waals surface area contributed by atoms with Crippen LogP contribution in [-0.2, 0) is 10.2 Å². The zero-order valence-corrected chi connectivity index (χ0v) is 11.0. The molecule has 1 rings (SSSR count). The number of nitrogens with one attached hydrogen (secondary N) is 2. The predicted octanol–water partition coefficient (Wildman–Crippen LogP) is 1.13. The maximum absolute atomic E-state index is 11.9. The van der Waals surface area contributed by atoms with Gasteiger partial charge in [0.2, 0.25) is 0 Å². The summed E-state index contributed by atoms with van der Waals surface area (Å²) in [7, 11) is -4.29. The van der Waals surface area contributed by atoms with Gasteiger partial charge >= 0.3 is 6.18 Å². The Morgan fingerprint density at radius 1 is 1.26 bits per heavy atom. The van der Waals surface area contributed by atoms with Crippen LogP contribution >= 0.6 is 12.2 Å². The Balaban J connectivity index is 2.70. The van der Waals surface area contributed by atoms with E-state index in [4.69, 9.17) is 18.0 Å². The standard InChI is InChI=1S/C9H10F3N3O2S2/c10-9(11,12)5-14-19(16,17)15-7-3-1-6(2-4-7)8(13)18/h1-4,14-15H,5H2,(H2,13,18). The van der Waals surface area contributed by atoms with Gasteiger partial charge in [-0.15, -0.1) is 0 Å². The van der Waals surface area contributed by atoms with Gasteiger partial charge in [-0.05, 0) is 24.3 Å². The highest BCUT2D eigenvalue weighted by atomic mass is 32.2. The van der Waals surface area contributed by atoms with Crippen LogP contribution in [0.1, 0.15) is 5.56 Å². The van der Waals surface area contributed by atoms with Gasteiger partial charge in [0, 0.05) is 11.3 Å². The fraction of sp³-hybridized carbons (Fsp3) is 0.222. The molecule has 0 aliphatic heterocycles. The van der Waals surface area contributed by atoms with Crippen molar-refractivity contribution in [3.05, 3.63) is 29.8 Å². The maximum atomic E-state index is 11.9. The summed E-state index contributed by atoms with van der Waals surface area (Å²) >= 11 is 4.70. The average Bonchev–Trinajstić information content (AvgIpc) is 2.26. The summed E-state index contributed by atoms with van der Waals surface area (Å²) in [5, 5.41) is 0. The Morgan fingerprint density at radius 2 is 1.79 bits per heavy atom. The zero-order valence-electron chi connectivity index (χ0n) is 9.36. The summed E-state index contributed by atoms with van der Waals surface area (Å²) < 4.78 is 61.5. The van der Waals surface area contributed by atoms with Crippen molar-refractivity contribution in [1.29, 1.82) is 0 Å². The molecule has 0 atom stereocenters. The average molecular weight is 313 g/mol. The van der Waals surface area contributed by atoms with E-state index in [2.05, 4.69) is 0 Å². The summed E-state index contributed by atoms with van der Waals surface area (Å²) in [6, 6.07) is 5.57. The maximum Gasteiger partial charge on any atom is 0.402 e. The van der Waals surface area contributed by atoms with Crippen LogP contribution in [0.3, 0.4) is 0 Å². The van der Waals surface area contributed by atoms with E-state index in [9.17, 15) is 21.6 Å². The summed E-state index contributed by atoms with van der Waals surface area (Å²) in [6.07, 6.45) is -4.62. The first-order valence-electron chi connectivity index (χ1n) is 4.83. The summed E-state index contributed by atoms with van der Waals surface area (Å²) in [5.74, 6) is 0. The number of anilines is 1. The quantitative estimate of drug-likeness (QED) is 0.712. The molecule has 1 aromatic rings. The van der Waals surface area contributed by atoms with Crippen molar-refractivity contribution in [3.63, 3.8) is 0 Å². The number of benzene rings is 1. The Bertz CT molecular complexity index is 555. The zero-order chi connectivity index (χ0) is 14.7. The number of halogens is 3. The smallest absolute Gasteiger partial charge is 0.389 e. The van der Waals surface area contributed by atoms with Crippen LogP contribution in [0, 0.1) is 0 Å². The van der Waals surface area contributed by atoms with Crippen LogP contribution in [0.15, 0.2) is 24.3 Å². The van der Waals surface area contributed by atoms with Gasteiger partial charge in [0.1, 0.15) is 11.5 Å². The van der Waals surface area contributed by atoms with Crippen molar-refractivity contribution in [1.82, 2.24) is 4.72 Å². The van der Waals surface area contributed by atoms with Crippen molar-refractivity contribution in [3.8, 4) is 0 Å². The van der Waals surface area contributed by atoms with E-state index < -0.39 is 22.9 Å². The molecule has 0 spiro atoms. The van der Waals surface area contributed by atoms with Crippen molar-refractivity contribution in [2.24, 2.45) is 5.73 Å². The van der Waals surface area contributed by atoms with E-state index in [0.29, 0.717) is 5.56 Å². The van der Waals surface area contributed by atoms with Crippen LogP contribution in [0.25, 0.3) is 0 Å². The molecule has 0 amide bonds. The molecule has 0 fully saturated rings. The topological polar surface area (TPSA) is 84.2 Å². The van der Waals surface area contributed by atoms with Gasteiger partial charge in [-0.1, -0.05) is 12.2 Å². The Kier molecular flexibility index (Phi) is 4.71. The molecule has 1 aromatic carbocycles. The second-order valence-electron chi connectivity index (χ2n) is 3.48. The molecule has 0 saturated heterocycles. The molecule has 106 valence electrons. The van der Waals surface area contributed by atoms with E-state index in [1.807, 2.05) is 4.72 Å². The molecule has 0 aliphatic rings. The minimum Gasteiger partial charge on any atom is -0.389 e. The van der Waals surface area contributed by atoms with Gasteiger partial charge in [-0.25, -0.2) is 0 Å². The van der Waals surface area contributed by atoms with E-state index in [-0.39, 0.29) is 10.7 Å². The van der Waals surface area contributed by atoms with Crippen LogP contribution in [-0.4, -0.2) is 26.1 Å². The van der Waals surface area contributed by atoms with Crippen molar-refractivity contribution in [2.45, 2.75) is 6.18 Å². The lowest BCUT2D eigenvalue weighted by Gasteiger charge is -2.11. The van der Waals surface area contributed by atoms with Crippen LogP contribution in [0.4, 0.5) is 18.9 Å². The highest BCUT2D eigenvalue weighted by Gasteiger charge is 2.29. The summed E-state index contributed by atoms with van der Waals surface area (Å²) in [6.45, 7) is -1.65. The predicted molar refractivity (Wildman–Crippen MR) is 68.9 cm³/mol. The molecule has 0 unspecified atom stereocenters.